The minimum atomic E-state index is -0.474. The number of nitrogens with zero attached hydrogens (tertiary/aromatic N) is 2. The zero-order chi connectivity index (χ0) is 23.0. The number of thioether (sulfide) groups is 1. The highest BCUT2D eigenvalue weighted by Crippen LogP contribution is 2.34. The van der Waals surface area contributed by atoms with Gasteiger partial charge in [-0.05, 0) is 62.4 Å². The maximum atomic E-state index is 12.9. The topological polar surface area (TPSA) is 71.4 Å². The number of nitrogens with one attached hydrogen (secondary N) is 1. The molecular formula is C24H22ClN3O3S. The number of aryl methyl sites for hydroxylation is 1. The predicted octanol–water partition coefficient (Wildman–Crippen LogP) is 5.86. The fraction of sp³-hybridized carbons (Fsp3) is 0.208. The molecule has 0 saturated carbocycles. The maximum Gasteiger partial charge on any atom is 0.294 e. The molecular weight excluding hydrogens is 446 g/mol. The fourth-order valence-corrected chi connectivity index (χ4v) is 4.58. The van der Waals surface area contributed by atoms with Gasteiger partial charge in [-0.2, -0.15) is 0 Å². The lowest BCUT2D eigenvalue weighted by molar-refractivity contribution is -0.127. The smallest absolute Gasteiger partial charge is 0.294 e. The van der Waals surface area contributed by atoms with E-state index >= 15 is 0 Å². The second-order valence-electron chi connectivity index (χ2n) is 7.88. The second kappa shape index (κ2) is 8.84. The number of rotatable bonds is 5. The lowest BCUT2D eigenvalue weighted by Gasteiger charge is -2.13. The van der Waals surface area contributed by atoms with Crippen molar-refractivity contribution < 1.29 is 14.4 Å². The highest BCUT2D eigenvalue weighted by Gasteiger charge is 2.36. The normalized spacial score (nSPS) is 15.4. The summed E-state index contributed by atoms with van der Waals surface area (Å²) in [5.74, 6) is -0.941. The lowest BCUT2D eigenvalue weighted by Crippen LogP contribution is -2.36. The van der Waals surface area contributed by atoms with Gasteiger partial charge in [0.05, 0.1) is 4.91 Å². The van der Waals surface area contributed by atoms with Gasteiger partial charge in [0, 0.05) is 39.4 Å². The van der Waals surface area contributed by atoms with Crippen LogP contribution in [0.1, 0.15) is 31.0 Å². The molecule has 0 aliphatic carbocycles. The molecule has 1 aromatic heterocycles. The van der Waals surface area contributed by atoms with E-state index in [1.54, 1.807) is 24.3 Å². The Bertz CT molecular complexity index is 1280. The molecule has 6 nitrogen and oxygen atoms in total. The van der Waals surface area contributed by atoms with Crippen LogP contribution in [0, 0.1) is 6.92 Å². The van der Waals surface area contributed by atoms with E-state index in [9.17, 15) is 14.4 Å². The number of hydrogen-bond donors (Lipinski definition) is 1. The molecule has 0 spiro atoms. The molecule has 1 N–H and O–H groups in total. The van der Waals surface area contributed by atoms with Gasteiger partial charge in [0.1, 0.15) is 6.54 Å². The first-order chi connectivity index (χ1) is 15.2. The molecule has 3 aromatic rings. The number of aromatic nitrogens is 1. The Hall–Kier alpha value is -3.03. The Morgan fingerprint density at radius 1 is 1.19 bits per heavy atom. The number of para-hydroxylation sites is 1. The van der Waals surface area contributed by atoms with Crippen molar-refractivity contribution in [2.75, 3.05) is 11.9 Å². The molecule has 0 atom stereocenters. The third-order valence-corrected chi connectivity index (χ3v) is 6.56. The molecule has 1 aliphatic rings. The van der Waals surface area contributed by atoms with E-state index in [4.69, 9.17) is 11.6 Å². The number of anilines is 1. The molecule has 2 heterocycles. The van der Waals surface area contributed by atoms with Gasteiger partial charge in [-0.3, -0.25) is 19.3 Å². The number of imide groups is 1. The first-order valence-electron chi connectivity index (χ1n) is 10.2. The van der Waals surface area contributed by atoms with E-state index in [1.807, 2.05) is 37.4 Å². The van der Waals surface area contributed by atoms with Crippen LogP contribution in [-0.2, 0) is 9.59 Å². The van der Waals surface area contributed by atoms with Gasteiger partial charge in [0.2, 0.25) is 5.91 Å². The number of carbonyl (C=O) groups excluding carboxylic acids is 3. The third kappa shape index (κ3) is 4.31. The average Bonchev–Trinajstić information content (AvgIpc) is 3.24. The van der Waals surface area contributed by atoms with Crippen LogP contribution in [0.5, 0.6) is 0 Å². The number of amides is 3. The molecule has 0 radical (unpaired) electrons. The van der Waals surface area contributed by atoms with Gasteiger partial charge >= 0.3 is 0 Å². The molecule has 4 rings (SSSR count). The SMILES string of the molecule is Cc1ccc(NC(=O)CN2C(=O)S/C(=C/c3cn(C(C)C)c4ccccc34)C2=O)cc1Cl. The zero-order valence-corrected chi connectivity index (χ0v) is 19.5. The summed E-state index contributed by atoms with van der Waals surface area (Å²) in [6, 6.07) is 13.3. The fourth-order valence-electron chi connectivity index (χ4n) is 3.57. The van der Waals surface area contributed by atoms with Crippen molar-refractivity contribution in [1.82, 2.24) is 9.47 Å². The van der Waals surface area contributed by atoms with Gasteiger partial charge in [0.25, 0.3) is 11.1 Å². The Balaban J connectivity index is 1.54. The molecule has 164 valence electrons. The van der Waals surface area contributed by atoms with Crippen molar-refractivity contribution in [3.63, 3.8) is 0 Å². The van der Waals surface area contributed by atoms with Crippen LogP contribution < -0.4 is 5.32 Å². The van der Waals surface area contributed by atoms with E-state index in [1.165, 1.54) is 0 Å². The molecule has 8 heteroatoms. The van der Waals surface area contributed by atoms with Crippen LogP contribution in [0.3, 0.4) is 0 Å². The summed E-state index contributed by atoms with van der Waals surface area (Å²) >= 11 is 6.93. The van der Waals surface area contributed by atoms with Gasteiger partial charge in [0.15, 0.2) is 0 Å². The summed E-state index contributed by atoms with van der Waals surface area (Å²) in [5, 5.41) is 3.74. The standard InChI is InChI=1S/C24H22ClN3O3S/c1-14(2)27-12-16(18-6-4-5-7-20(18)27)10-21-23(30)28(24(31)32-21)13-22(29)26-17-9-8-15(3)19(25)11-17/h4-12,14H,13H2,1-3H3,(H,26,29)/b21-10+. The Morgan fingerprint density at radius 3 is 2.66 bits per heavy atom. The van der Waals surface area contributed by atoms with E-state index in [2.05, 4.69) is 23.7 Å². The highest BCUT2D eigenvalue weighted by atomic mass is 35.5. The van der Waals surface area contributed by atoms with Crippen LogP contribution in [0.2, 0.25) is 5.02 Å². The van der Waals surface area contributed by atoms with Crippen molar-refractivity contribution in [3.8, 4) is 0 Å². The molecule has 1 aliphatic heterocycles. The molecule has 1 saturated heterocycles. The Labute approximate surface area is 195 Å². The van der Waals surface area contributed by atoms with Gasteiger partial charge in [-0.25, -0.2) is 0 Å². The predicted molar refractivity (Wildman–Crippen MR) is 130 cm³/mol. The maximum absolute atomic E-state index is 12.9. The van der Waals surface area contributed by atoms with Crippen molar-refractivity contribution in [3.05, 3.63) is 69.7 Å². The first kappa shape index (κ1) is 22.2. The summed E-state index contributed by atoms with van der Waals surface area (Å²) in [6.07, 6.45) is 3.71. The number of benzene rings is 2. The molecule has 0 bridgehead atoms. The quantitative estimate of drug-likeness (QED) is 0.477. The van der Waals surface area contributed by atoms with Gasteiger partial charge < -0.3 is 9.88 Å². The van der Waals surface area contributed by atoms with Crippen molar-refractivity contribution in [2.45, 2.75) is 26.8 Å². The first-order valence-corrected chi connectivity index (χ1v) is 11.3. The Morgan fingerprint density at radius 2 is 1.94 bits per heavy atom. The summed E-state index contributed by atoms with van der Waals surface area (Å²) in [7, 11) is 0. The van der Waals surface area contributed by atoms with Gasteiger partial charge in [-0.1, -0.05) is 35.9 Å². The van der Waals surface area contributed by atoms with E-state index < -0.39 is 17.1 Å². The van der Waals surface area contributed by atoms with Crippen LogP contribution in [-0.4, -0.2) is 33.1 Å². The second-order valence-corrected chi connectivity index (χ2v) is 9.28. The van der Waals surface area contributed by atoms with Crippen LogP contribution in [0.4, 0.5) is 10.5 Å². The largest absolute Gasteiger partial charge is 0.344 e. The minimum Gasteiger partial charge on any atom is -0.344 e. The van der Waals surface area contributed by atoms with Crippen LogP contribution in [0.15, 0.2) is 53.6 Å². The molecule has 3 amide bonds. The monoisotopic (exact) mass is 467 g/mol. The number of fused-ring (bicyclic) bond motifs is 1. The minimum absolute atomic E-state index is 0.246. The summed E-state index contributed by atoms with van der Waals surface area (Å²) in [6.45, 7) is 5.67. The highest BCUT2D eigenvalue weighted by molar-refractivity contribution is 8.18. The van der Waals surface area contributed by atoms with E-state index in [0.29, 0.717) is 15.6 Å². The lowest BCUT2D eigenvalue weighted by atomic mass is 10.1. The van der Waals surface area contributed by atoms with Crippen molar-refractivity contribution >= 4 is 63.1 Å². The zero-order valence-electron chi connectivity index (χ0n) is 17.9. The van der Waals surface area contributed by atoms with Crippen molar-refractivity contribution in [1.29, 1.82) is 0 Å². The van der Waals surface area contributed by atoms with Crippen LogP contribution >= 0.6 is 23.4 Å². The van der Waals surface area contributed by atoms with Crippen molar-refractivity contribution in [2.24, 2.45) is 0 Å². The number of halogens is 1. The summed E-state index contributed by atoms with van der Waals surface area (Å²) in [4.78, 5) is 39.1. The summed E-state index contributed by atoms with van der Waals surface area (Å²) in [5.41, 5.74) is 3.32. The number of carbonyl (C=O) groups is 3. The third-order valence-electron chi connectivity index (χ3n) is 5.25. The number of hydrogen-bond acceptors (Lipinski definition) is 4. The summed E-state index contributed by atoms with van der Waals surface area (Å²) < 4.78 is 2.13. The molecule has 0 unspecified atom stereocenters. The molecule has 1 fully saturated rings. The van der Waals surface area contributed by atoms with E-state index in [-0.39, 0.29) is 12.6 Å². The average molecular weight is 468 g/mol. The molecule has 2 aromatic carbocycles. The Kier molecular flexibility index (Phi) is 6.13. The van der Waals surface area contributed by atoms with Crippen LogP contribution in [0.25, 0.3) is 17.0 Å². The molecule has 32 heavy (non-hydrogen) atoms. The van der Waals surface area contributed by atoms with Gasteiger partial charge in [-0.15, -0.1) is 0 Å². The van der Waals surface area contributed by atoms with E-state index in [0.717, 1.165) is 38.7 Å².